The van der Waals surface area contributed by atoms with Crippen molar-refractivity contribution in [3.8, 4) is 6.07 Å². The maximum Gasteiger partial charge on any atom is 1.00 e. The molecule has 6 unspecified atom stereocenters. The van der Waals surface area contributed by atoms with Gasteiger partial charge in [0.05, 0.1) is 170 Å². The third-order valence-corrected chi connectivity index (χ3v) is 21.1. The minimum Gasteiger partial charge on any atom is -1.00 e. The average Bonchev–Trinajstić information content (AvgIpc) is 1.27. The number of rotatable bonds is 21. The van der Waals surface area contributed by atoms with Gasteiger partial charge in [0.2, 0.25) is 9.05 Å². The van der Waals surface area contributed by atoms with Gasteiger partial charge in [-0.25, -0.2) is 13.2 Å². The molecular weight excluding hydrogens is 2340 g/mol. The van der Waals surface area contributed by atoms with Crippen LogP contribution >= 0.6 is 188 Å². The first-order valence-electron chi connectivity index (χ1n) is 37.4. The van der Waals surface area contributed by atoms with Gasteiger partial charge in [-0.3, -0.25) is 47.2 Å². The first-order chi connectivity index (χ1) is 59.0. The van der Waals surface area contributed by atoms with E-state index in [-0.39, 0.29) is 224 Å². The number of aliphatic hydroxyl groups is 1. The van der Waals surface area contributed by atoms with Crippen molar-refractivity contribution in [1.29, 1.82) is 5.26 Å². The summed E-state index contributed by atoms with van der Waals surface area (Å²) in [4.78, 5) is 39.9. The van der Waals surface area contributed by atoms with Gasteiger partial charge in [-0.2, -0.15) is 44.3 Å². The number of hydrogen-bond donors (Lipinski definition) is 3. The van der Waals surface area contributed by atoms with Gasteiger partial charge in [0, 0.05) is 125 Å². The maximum absolute atomic E-state index is 11.2. The molecule has 0 spiro atoms. The number of carbonyl (C=O) groups is 3. The molecule has 10 aromatic rings. The van der Waals surface area contributed by atoms with Gasteiger partial charge in [-0.05, 0) is 127 Å². The van der Waals surface area contributed by atoms with Gasteiger partial charge in [-0.1, -0.05) is 209 Å². The zero-order valence-corrected chi connectivity index (χ0v) is 98.4. The van der Waals surface area contributed by atoms with Crippen LogP contribution < -0.4 is 177 Å². The minimum atomic E-state index is -3.39. The van der Waals surface area contributed by atoms with Crippen LogP contribution in [0.2, 0.25) is 60.3 Å². The summed E-state index contributed by atoms with van der Waals surface area (Å²) in [6, 6.07) is 29.7. The van der Waals surface area contributed by atoms with Crippen LogP contribution in [0, 0.1) is 11.3 Å². The molecule has 51 heteroatoms. The molecule has 0 saturated carbocycles. The molecule has 2 fully saturated rings. The number of aromatic nitrogens is 12. The molecule has 129 heavy (non-hydrogen) atoms. The molecule has 2 aliphatic heterocycles. The van der Waals surface area contributed by atoms with E-state index in [1.165, 1.54) is 28.2 Å². The Morgan fingerprint density at radius 2 is 0.977 bits per heavy atom. The number of nitrogens with zero attached hydrogens (tertiary/aromatic N) is 15. The number of nitriles is 1. The molecule has 2 saturated heterocycles. The third kappa shape index (κ3) is 57.0. The average molecular weight is 2440 g/mol. The second kappa shape index (κ2) is 73.4. The van der Waals surface area contributed by atoms with E-state index in [9.17, 15) is 26.4 Å². The molecule has 0 aliphatic carbocycles. The van der Waals surface area contributed by atoms with Crippen molar-refractivity contribution in [2.45, 2.75) is 116 Å². The fourth-order valence-electron chi connectivity index (χ4n) is 10.2. The topological polar surface area (TPSA) is 363 Å². The van der Waals surface area contributed by atoms with Gasteiger partial charge in [-0.15, -0.1) is 0 Å². The largest absolute Gasteiger partial charge is 1.00 e. The Bertz CT molecular complexity index is 4990. The molecule has 0 radical (unpaired) electrons. The van der Waals surface area contributed by atoms with E-state index in [0.717, 1.165) is 84.2 Å². The van der Waals surface area contributed by atoms with Crippen LogP contribution in [0.15, 0.2) is 159 Å². The number of esters is 2. The molecule has 30 nitrogen and oxygen atoms in total. The molecule has 12 rings (SSSR count). The third-order valence-electron chi connectivity index (χ3n) is 16.1. The van der Waals surface area contributed by atoms with E-state index in [4.69, 9.17) is 164 Å². The first-order valence-corrected chi connectivity index (χ1v) is 49.0. The van der Waals surface area contributed by atoms with E-state index >= 15 is 0 Å². The number of anilines is 2. The second-order valence-electron chi connectivity index (χ2n) is 26.2. The number of ether oxygens (including phenoxy) is 2. The number of halogens is 16. The monoisotopic (exact) mass is 2430 g/mol. The van der Waals surface area contributed by atoms with Crippen molar-refractivity contribution < 1.29 is 218 Å². The summed E-state index contributed by atoms with van der Waals surface area (Å²) in [7, 11) is -2.09. The SMILES string of the molecule is CC(CI)n1cc(Cl)cn1.CC(CN1CCN(c2ccc(Cl)cc2Cl)[C@H](c2ccc(Cl)cc2)C1)n1cc(Cl)cn1.CC(CO)n1cc(Cl)cn1.CC(COS(C)(=O)=O)n1cc(Cl)cn1.CCC#N.CCOC(=O)C(C)Br.CCOC(=O)C(C)n1cc(Cl)cn1.CS(=O)(=O)Cl.Clc1ccc([C@@H]2CNCCN2c2ccc(Cl)cc2Cl)cc1.Clc1cn[nH]c1.O=CO[O-].[H-].[I-].[K+].[K+].[Na+]. The Balaban J connectivity index is -0.000000709. The number of alkyl halides is 2. The van der Waals surface area contributed by atoms with Crippen molar-refractivity contribution in [2.75, 3.05) is 99.0 Å². The quantitative estimate of drug-likeness (QED) is 0.00709. The zero-order valence-electron chi connectivity index (χ0n) is 73.8. The van der Waals surface area contributed by atoms with Crippen LogP contribution in [-0.2, 0) is 52.1 Å². The van der Waals surface area contributed by atoms with Crippen LogP contribution in [0.1, 0.15) is 124 Å². The molecule has 8 atom stereocenters. The summed E-state index contributed by atoms with van der Waals surface area (Å²) in [6.45, 7) is 23.7. The van der Waals surface area contributed by atoms with Crippen molar-refractivity contribution in [1.82, 2.24) is 69.3 Å². The Hall–Kier alpha value is -0.677. The summed E-state index contributed by atoms with van der Waals surface area (Å²) >= 11 is 76.5. The predicted octanol–water partition coefficient (Wildman–Crippen LogP) is 7.84. The van der Waals surface area contributed by atoms with Crippen LogP contribution in [-0.4, -0.2) is 198 Å². The summed E-state index contributed by atoms with van der Waals surface area (Å²) in [5.74, 6) is -0.505. The number of carbonyl (C=O) groups excluding carboxylic acids is 3. The number of aromatic amines is 1. The van der Waals surface area contributed by atoms with Crippen molar-refractivity contribution in [3.63, 3.8) is 0 Å². The van der Waals surface area contributed by atoms with Crippen LogP contribution in [0.4, 0.5) is 11.4 Å². The van der Waals surface area contributed by atoms with Gasteiger partial charge >= 0.3 is 144 Å². The van der Waals surface area contributed by atoms with Crippen molar-refractivity contribution >= 4 is 237 Å². The fourth-order valence-corrected chi connectivity index (χ4v) is 13.3. The van der Waals surface area contributed by atoms with E-state index in [1.807, 2.05) is 90.2 Å². The summed E-state index contributed by atoms with van der Waals surface area (Å²) in [5.41, 5.74) is 4.43. The van der Waals surface area contributed by atoms with E-state index in [1.54, 1.807) is 106 Å². The molecule has 0 bridgehead atoms. The van der Waals surface area contributed by atoms with E-state index in [2.05, 4.69) is 157 Å². The molecule has 6 aromatic heterocycles. The van der Waals surface area contributed by atoms with Gasteiger partial charge < -0.3 is 65.2 Å². The number of nitrogens with one attached hydrogen (secondary N) is 2. The van der Waals surface area contributed by atoms with Crippen molar-refractivity contribution in [2.24, 2.45) is 0 Å². The summed E-state index contributed by atoms with van der Waals surface area (Å²) in [6.07, 6.45) is 22.2. The molecule has 3 N–H and O–H groups in total. The molecule has 2 aliphatic rings. The summed E-state index contributed by atoms with van der Waals surface area (Å²) < 4.78 is 63.7. The number of benzene rings is 4. The Kier molecular flexibility index (Phi) is 75.4. The Labute approximate surface area is 966 Å². The number of H-pyrrole nitrogens is 1. The van der Waals surface area contributed by atoms with Crippen LogP contribution in [0.25, 0.3) is 0 Å². The molecule has 0 amide bonds. The Morgan fingerprint density at radius 3 is 1.30 bits per heavy atom. The fraction of sp³-hybridized carbons (Fsp3) is 0.410. The molecule has 700 valence electrons. The summed E-state index contributed by atoms with van der Waals surface area (Å²) in [5, 5.41) is 62.2. The standard InChI is InChI=1S/C22H22Cl4N4.C16H15Cl3N2.C8H11ClN2O2.C7H11ClN2O3S.C6H8ClIN2.C6H9ClN2O.C5H9BrO2.C3H3ClN2.C3H5N.CH3ClO2S.CH2O3.HI.2K.Na.H/c1-15(30-13-19(25)11-27-30)12-28-8-9-29(21-7-6-18(24)10-20(21)26)22(14-28)16-2-4-17(23)5-3-16;17-12-3-1-11(2-4-12)16-10-20-7-8-21(16)15-6-5-13(18)9-14(15)19;1-3-13-8(12)6(2)11-5-7(9)4-10-11;1-6(5-13-14(2,11)12)10-4-7(8)3-9-10;1-5(2-8)10-4-6(7)3-9-10;1-5(4-10)9-3-6(7)2-8-9;1-3-8-5(7)4(2)6;4-3-1-5-6-2-3;1-2-3-4;1-5(2,3)4;2-1-4-3;;;;;/h2-7,10-11,13,15,22H,8-9,12,14H2,1H3;1-6,9,16,20H,7-8,10H2;4-6H,3H2,1-2H3;3-4,6H,5H2,1-2H3;3-5H,2H2,1H3;2-3,5,10H,4H2,1H3;4H,3H2,1-2H3;1-2H,(H,5,6);2H2,1H3;1H3;1,3H;1H;;;;/q;;;;;;;;;;;;3*+1;-1/p-2/t15?,22-;16-;;;;;;;;;;;;;;/m00............../s1. The first kappa shape index (κ1) is 132. The maximum atomic E-state index is 11.2. The molecule has 8 heterocycles. The van der Waals surface area contributed by atoms with Crippen molar-refractivity contribution in [3.05, 3.63) is 231 Å². The zero-order chi connectivity index (χ0) is 94.1. The molecular formula is C78H98BrCl13I2K2N17NaO13S2. The smallest absolute Gasteiger partial charge is 1.00 e. The van der Waals surface area contributed by atoms with E-state index < -0.39 is 25.2 Å². The van der Waals surface area contributed by atoms with Crippen LogP contribution in [0.5, 0.6) is 0 Å². The van der Waals surface area contributed by atoms with Gasteiger partial charge in [0.1, 0.15) is 10.9 Å². The number of aliphatic hydroxyl groups excluding tert-OH is 1. The number of hydrogen-bond acceptors (Lipinski definition) is 24. The molecule has 4 aromatic carbocycles. The van der Waals surface area contributed by atoms with E-state index in [0.29, 0.717) is 75.9 Å². The van der Waals surface area contributed by atoms with Gasteiger partial charge in [0.15, 0.2) is 0 Å². The predicted molar refractivity (Wildman–Crippen MR) is 512 cm³/mol. The van der Waals surface area contributed by atoms with Crippen LogP contribution in [0.3, 0.4) is 0 Å². The van der Waals surface area contributed by atoms with Gasteiger partial charge in [0.25, 0.3) is 16.6 Å². The second-order valence-corrected chi connectivity index (χ2v) is 38.3. The normalized spacial score (nSPS) is 14.3. The minimum absolute atomic E-state index is 0. The Morgan fingerprint density at radius 1 is 0.597 bits per heavy atom. The number of piperazine rings is 2.